The number of hydrogen-bond acceptors (Lipinski definition) is 2. The maximum atomic E-state index is 10.7. The van der Waals surface area contributed by atoms with Gasteiger partial charge in [-0.25, -0.2) is 4.79 Å². The maximum Gasteiger partial charge on any atom is 0.331 e. The minimum atomic E-state index is -0.976. The molecule has 0 aliphatic heterocycles. The van der Waals surface area contributed by atoms with Crippen LogP contribution in [0.5, 0.6) is 0 Å². The van der Waals surface area contributed by atoms with Crippen molar-refractivity contribution in [3.8, 4) is 0 Å². The number of carboxylic acid groups (broad SMARTS) is 1. The van der Waals surface area contributed by atoms with E-state index in [4.69, 9.17) is 5.11 Å². The zero-order valence-electron chi connectivity index (χ0n) is 10.0. The van der Waals surface area contributed by atoms with Crippen LogP contribution in [0.1, 0.15) is 24.5 Å². The van der Waals surface area contributed by atoms with Crippen molar-refractivity contribution in [3.05, 3.63) is 47.5 Å². The number of aliphatic carboxylic acids is 1. The summed E-state index contributed by atoms with van der Waals surface area (Å²) in [5.41, 5.74) is 2.08. The largest absolute Gasteiger partial charge is 0.478 e. The first-order valence-corrected chi connectivity index (χ1v) is 5.70. The minimum Gasteiger partial charge on any atom is -0.478 e. The van der Waals surface area contributed by atoms with Gasteiger partial charge in [0.1, 0.15) is 0 Å². The topological polar surface area (TPSA) is 57.5 Å². The summed E-state index contributed by atoms with van der Waals surface area (Å²) < 4.78 is 0. The third-order valence-corrected chi connectivity index (χ3v) is 2.75. The zero-order valence-corrected chi connectivity index (χ0v) is 10.0. The normalized spacial score (nSPS) is 12.1. The van der Waals surface area contributed by atoms with E-state index >= 15 is 0 Å². The lowest BCUT2D eigenvalue weighted by molar-refractivity contribution is -0.132. The molecular formula is C14H18O3. The van der Waals surface area contributed by atoms with E-state index in [1.54, 1.807) is 0 Å². The fourth-order valence-electron chi connectivity index (χ4n) is 1.63. The highest BCUT2D eigenvalue weighted by Gasteiger charge is 2.10. The predicted octanol–water partition coefficient (Wildman–Crippen LogP) is 2.18. The first kappa shape index (κ1) is 13.5. The van der Waals surface area contributed by atoms with Crippen LogP contribution < -0.4 is 0 Å². The van der Waals surface area contributed by atoms with E-state index < -0.39 is 5.97 Å². The lowest BCUT2D eigenvalue weighted by Crippen LogP contribution is -2.11. The monoisotopic (exact) mass is 234 g/mol. The summed E-state index contributed by atoms with van der Waals surface area (Å²) >= 11 is 0. The molecule has 17 heavy (non-hydrogen) atoms. The van der Waals surface area contributed by atoms with Crippen LogP contribution >= 0.6 is 0 Å². The SMILES string of the molecule is C=C(Cc1ccccc1CC(O)CC)C(=O)O. The van der Waals surface area contributed by atoms with Gasteiger partial charge in [-0.05, 0) is 24.0 Å². The van der Waals surface area contributed by atoms with Crippen LogP contribution in [0.15, 0.2) is 36.4 Å². The van der Waals surface area contributed by atoms with Crippen molar-refractivity contribution in [1.29, 1.82) is 0 Å². The number of aliphatic hydroxyl groups is 1. The van der Waals surface area contributed by atoms with Gasteiger partial charge >= 0.3 is 5.97 Å². The molecule has 1 atom stereocenters. The van der Waals surface area contributed by atoms with E-state index in [0.717, 1.165) is 11.1 Å². The molecule has 2 N–H and O–H groups in total. The molecule has 0 saturated carbocycles. The first-order valence-electron chi connectivity index (χ1n) is 5.70. The lowest BCUT2D eigenvalue weighted by Gasteiger charge is -2.12. The van der Waals surface area contributed by atoms with Crippen LogP contribution in [0.3, 0.4) is 0 Å². The Morgan fingerprint density at radius 2 is 1.94 bits per heavy atom. The van der Waals surface area contributed by atoms with Gasteiger partial charge < -0.3 is 10.2 Å². The summed E-state index contributed by atoms with van der Waals surface area (Å²) in [5.74, 6) is -0.976. The second-order valence-electron chi connectivity index (χ2n) is 4.12. The van der Waals surface area contributed by atoms with Gasteiger partial charge in [-0.2, -0.15) is 0 Å². The quantitative estimate of drug-likeness (QED) is 0.742. The smallest absolute Gasteiger partial charge is 0.331 e. The van der Waals surface area contributed by atoms with E-state index in [9.17, 15) is 9.90 Å². The summed E-state index contributed by atoms with van der Waals surface area (Å²) in [6, 6.07) is 7.56. The Balaban J connectivity index is 2.84. The van der Waals surface area contributed by atoms with Crippen molar-refractivity contribution in [2.75, 3.05) is 0 Å². The third kappa shape index (κ3) is 4.04. The number of aliphatic hydroxyl groups excluding tert-OH is 1. The van der Waals surface area contributed by atoms with Crippen molar-refractivity contribution in [3.63, 3.8) is 0 Å². The highest BCUT2D eigenvalue weighted by molar-refractivity contribution is 5.86. The molecule has 92 valence electrons. The van der Waals surface area contributed by atoms with Gasteiger partial charge in [0.25, 0.3) is 0 Å². The van der Waals surface area contributed by atoms with Gasteiger partial charge in [0.05, 0.1) is 6.10 Å². The highest BCUT2D eigenvalue weighted by atomic mass is 16.4. The number of hydrogen-bond donors (Lipinski definition) is 2. The molecule has 0 heterocycles. The lowest BCUT2D eigenvalue weighted by atomic mass is 9.96. The number of carbonyl (C=O) groups is 1. The van der Waals surface area contributed by atoms with Gasteiger partial charge in [-0.15, -0.1) is 0 Å². The Hall–Kier alpha value is -1.61. The van der Waals surface area contributed by atoms with Gasteiger partial charge in [0, 0.05) is 12.0 Å². The van der Waals surface area contributed by atoms with Gasteiger partial charge in [0.15, 0.2) is 0 Å². The Bertz CT molecular complexity index is 410. The molecule has 0 spiro atoms. The van der Waals surface area contributed by atoms with Crippen LogP contribution in [-0.4, -0.2) is 22.3 Å². The van der Waals surface area contributed by atoms with Crippen LogP contribution in [-0.2, 0) is 17.6 Å². The molecule has 0 aliphatic carbocycles. The van der Waals surface area contributed by atoms with E-state index in [2.05, 4.69) is 6.58 Å². The highest BCUT2D eigenvalue weighted by Crippen LogP contribution is 2.16. The van der Waals surface area contributed by atoms with E-state index in [-0.39, 0.29) is 11.7 Å². The number of carboxylic acids is 1. The van der Waals surface area contributed by atoms with Gasteiger partial charge in [-0.3, -0.25) is 0 Å². The third-order valence-electron chi connectivity index (χ3n) is 2.75. The second-order valence-corrected chi connectivity index (χ2v) is 4.12. The Kier molecular flexibility index (Phi) is 4.91. The summed E-state index contributed by atoms with van der Waals surface area (Å²) in [6.07, 6.45) is 1.18. The summed E-state index contributed by atoms with van der Waals surface area (Å²) in [5, 5.41) is 18.5. The molecule has 0 fully saturated rings. The van der Waals surface area contributed by atoms with Crippen molar-refractivity contribution in [2.24, 2.45) is 0 Å². The Morgan fingerprint density at radius 1 is 1.35 bits per heavy atom. The molecule has 1 aromatic rings. The van der Waals surface area contributed by atoms with E-state index in [1.807, 2.05) is 31.2 Å². The fraction of sp³-hybridized carbons (Fsp3) is 0.357. The number of benzene rings is 1. The molecule has 0 bridgehead atoms. The Morgan fingerprint density at radius 3 is 2.47 bits per heavy atom. The molecule has 0 amide bonds. The van der Waals surface area contributed by atoms with Gasteiger partial charge in [-0.1, -0.05) is 37.8 Å². The van der Waals surface area contributed by atoms with E-state index in [0.29, 0.717) is 19.3 Å². The molecular weight excluding hydrogens is 216 g/mol. The zero-order chi connectivity index (χ0) is 12.8. The average Bonchev–Trinajstić information content (AvgIpc) is 2.31. The standard InChI is InChI=1S/C14H18O3/c1-3-13(15)9-12-7-5-4-6-11(12)8-10(2)14(16)17/h4-7,13,15H,2-3,8-9H2,1H3,(H,16,17). The van der Waals surface area contributed by atoms with E-state index in [1.165, 1.54) is 0 Å². The van der Waals surface area contributed by atoms with Crippen LogP contribution in [0.25, 0.3) is 0 Å². The molecule has 1 unspecified atom stereocenters. The second kappa shape index (κ2) is 6.21. The molecule has 0 aromatic heterocycles. The molecule has 0 saturated heterocycles. The minimum absolute atomic E-state index is 0.170. The Labute approximate surface area is 101 Å². The van der Waals surface area contributed by atoms with Crippen molar-refractivity contribution in [2.45, 2.75) is 32.3 Å². The molecule has 3 heteroatoms. The summed E-state index contributed by atoms with van der Waals surface area (Å²) in [4.78, 5) is 10.7. The van der Waals surface area contributed by atoms with Crippen molar-refractivity contribution >= 4 is 5.97 Å². The van der Waals surface area contributed by atoms with Crippen molar-refractivity contribution < 1.29 is 15.0 Å². The predicted molar refractivity (Wildman–Crippen MR) is 66.9 cm³/mol. The van der Waals surface area contributed by atoms with Gasteiger partial charge in [0.2, 0.25) is 0 Å². The maximum absolute atomic E-state index is 10.7. The average molecular weight is 234 g/mol. The molecule has 0 aliphatic rings. The molecule has 1 rings (SSSR count). The van der Waals surface area contributed by atoms with Crippen LogP contribution in [0.2, 0.25) is 0 Å². The van der Waals surface area contributed by atoms with Crippen molar-refractivity contribution in [1.82, 2.24) is 0 Å². The molecule has 0 radical (unpaired) electrons. The summed E-state index contributed by atoms with van der Waals surface area (Å²) in [6.45, 7) is 5.45. The molecule has 1 aromatic carbocycles. The fourth-order valence-corrected chi connectivity index (χ4v) is 1.63. The first-order chi connectivity index (χ1) is 8.04. The van der Waals surface area contributed by atoms with Crippen LogP contribution in [0.4, 0.5) is 0 Å². The molecule has 3 nitrogen and oxygen atoms in total. The summed E-state index contributed by atoms with van der Waals surface area (Å²) in [7, 11) is 0. The van der Waals surface area contributed by atoms with Crippen LogP contribution in [0, 0.1) is 0 Å². The number of rotatable bonds is 6.